The molecule has 1 unspecified atom stereocenters. The molecule has 22 heavy (non-hydrogen) atoms. The minimum Gasteiger partial charge on any atom is -0.353 e. The van der Waals surface area contributed by atoms with Crippen molar-refractivity contribution in [2.45, 2.75) is 38.6 Å². The summed E-state index contributed by atoms with van der Waals surface area (Å²) in [6.07, 6.45) is 3.39. The van der Waals surface area contributed by atoms with Crippen molar-refractivity contribution in [1.82, 2.24) is 10.6 Å². The molecule has 0 radical (unpaired) electrons. The molecule has 0 saturated heterocycles. The van der Waals surface area contributed by atoms with Crippen LogP contribution in [0.1, 0.15) is 30.4 Å². The third-order valence-electron chi connectivity index (χ3n) is 3.97. The van der Waals surface area contributed by atoms with Crippen LogP contribution in [0.5, 0.6) is 0 Å². The SMILES string of the molecule is Cc1ccc(CCC(=O)NCC(=O)NCC(N)C2CC2)cc1. The first kappa shape index (κ1) is 16.5. The molecule has 0 heterocycles. The van der Waals surface area contributed by atoms with Crippen molar-refractivity contribution in [3.8, 4) is 0 Å². The number of amides is 2. The fourth-order valence-corrected chi connectivity index (χ4v) is 2.27. The molecule has 2 rings (SSSR count). The Morgan fingerprint density at radius 2 is 1.86 bits per heavy atom. The van der Waals surface area contributed by atoms with Crippen LogP contribution in [0.25, 0.3) is 0 Å². The topological polar surface area (TPSA) is 84.2 Å². The van der Waals surface area contributed by atoms with E-state index in [0.29, 0.717) is 25.3 Å². The van der Waals surface area contributed by atoms with E-state index in [4.69, 9.17) is 5.73 Å². The molecule has 5 nitrogen and oxygen atoms in total. The standard InChI is InChI=1S/C17H25N3O2/c1-12-2-4-13(5-3-12)6-9-16(21)20-11-17(22)19-10-15(18)14-7-8-14/h2-5,14-15H,6-11,18H2,1H3,(H,19,22)(H,20,21). The second-order valence-corrected chi connectivity index (χ2v) is 6.07. The van der Waals surface area contributed by atoms with Gasteiger partial charge in [-0.15, -0.1) is 0 Å². The molecule has 0 aromatic heterocycles. The highest BCUT2D eigenvalue weighted by molar-refractivity contribution is 5.84. The number of hydrogen-bond donors (Lipinski definition) is 3. The van der Waals surface area contributed by atoms with Crippen LogP contribution in [0.2, 0.25) is 0 Å². The van der Waals surface area contributed by atoms with Crippen LogP contribution in [-0.2, 0) is 16.0 Å². The van der Waals surface area contributed by atoms with Crippen molar-refractivity contribution in [3.63, 3.8) is 0 Å². The van der Waals surface area contributed by atoms with Gasteiger partial charge in [0.05, 0.1) is 6.54 Å². The first-order chi connectivity index (χ1) is 10.5. The summed E-state index contributed by atoms with van der Waals surface area (Å²) in [7, 11) is 0. The lowest BCUT2D eigenvalue weighted by Crippen LogP contribution is -2.43. The Morgan fingerprint density at radius 1 is 1.18 bits per heavy atom. The smallest absolute Gasteiger partial charge is 0.239 e. The van der Waals surface area contributed by atoms with Crippen molar-refractivity contribution in [1.29, 1.82) is 0 Å². The van der Waals surface area contributed by atoms with E-state index in [-0.39, 0.29) is 24.4 Å². The number of carbonyl (C=O) groups is 2. The predicted octanol–water partition coefficient (Wildman–Crippen LogP) is 0.897. The molecule has 1 fully saturated rings. The summed E-state index contributed by atoms with van der Waals surface area (Å²) in [5.74, 6) is 0.270. The van der Waals surface area contributed by atoms with E-state index < -0.39 is 0 Å². The Kier molecular flexibility index (Phi) is 5.95. The normalized spacial score (nSPS) is 15.2. The van der Waals surface area contributed by atoms with Gasteiger partial charge in [-0.1, -0.05) is 29.8 Å². The number of benzene rings is 1. The van der Waals surface area contributed by atoms with E-state index in [1.807, 2.05) is 31.2 Å². The average molecular weight is 303 g/mol. The van der Waals surface area contributed by atoms with E-state index in [0.717, 1.165) is 18.4 Å². The first-order valence-electron chi connectivity index (χ1n) is 7.89. The summed E-state index contributed by atoms with van der Waals surface area (Å²) in [5.41, 5.74) is 8.23. The van der Waals surface area contributed by atoms with Crippen LogP contribution >= 0.6 is 0 Å². The number of carbonyl (C=O) groups excluding carboxylic acids is 2. The lowest BCUT2D eigenvalue weighted by atomic mass is 10.1. The molecule has 1 saturated carbocycles. The van der Waals surface area contributed by atoms with Gasteiger partial charge >= 0.3 is 0 Å². The molecule has 1 aliphatic carbocycles. The second-order valence-electron chi connectivity index (χ2n) is 6.07. The van der Waals surface area contributed by atoms with Crippen LogP contribution in [0.4, 0.5) is 0 Å². The molecule has 0 bridgehead atoms. The Balaban J connectivity index is 1.58. The van der Waals surface area contributed by atoms with Crippen molar-refractivity contribution < 1.29 is 9.59 Å². The highest BCUT2D eigenvalue weighted by atomic mass is 16.2. The van der Waals surface area contributed by atoms with Gasteiger partial charge in [-0.3, -0.25) is 9.59 Å². The van der Waals surface area contributed by atoms with Crippen LogP contribution < -0.4 is 16.4 Å². The van der Waals surface area contributed by atoms with Gasteiger partial charge < -0.3 is 16.4 Å². The van der Waals surface area contributed by atoms with Gasteiger partial charge in [-0.2, -0.15) is 0 Å². The Hall–Kier alpha value is -1.88. The van der Waals surface area contributed by atoms with Gasteiger partial charge in [0.25, 0.3) is 0 Å². The fraction of sp³-hybridized carbons (Fsp3) is 0.529. The number of aryl methyl sites for hydroxylation is 2. The van der Waals surface area contributed by atoms with Crippen LogP contribution in [-0.4, -0.2) is 30.9 Å². The molecule has 2 amide bonds. The maximum atomic E-state index is 11.7. The molecule has 5 heteroatoms. The highest BCUT2D eigenvalue weighted by Crippen LogP contribution is 2.31. The number of hydrogen-bond acceptors (Lipinski definition) is 3. The molecule has 1 atom stereocenters. The number of rotatable bonds is 8. The summed E-state index contributed by atoms with van der Waals surface area (Å²) < 4.78 is 0. The maximum Gasteiger partial charge on any atom is 0.239 e. The lowest BCUT2D eigenvalue weighted by Gasteiger charge is -2.12. The summed E-state index contributed by atoms with van der Waals surface area (Å²) in [4.78, 5) is 23.4. The van der Waals surface area contributed by atoms with E-state index in [2.05, 4.69) is 10.6 Å². The Morgan fingerprint density at radius 3 is 2.50 bits per heavy atom. The van der Waals surface area contributed by atoms with Gasteiger partial charge in [0, 0.05) is 19.0 Å². The van der Waals surface area contributed by atoms with Crippen molar-refractivity contribution >= 4 is 11.8 Å². The average Bonchev–Trinajstić information content (AvgIpc) is 3.35. The third kappa shape index (κ3) is 5.85. The quantitative estimate of drug-likeness (QED) is 0.667. The van der Waals surface area contributed by atoms with Gasteiger partial charge in [0.2, 0.25) is 11.8 Å². The van der Waals surface area contributed by atoms with Crippen molar-refractivity contribution in [2.24, 2.45) is 11.7 Å². The minimum atomic E-state index is -0.181. The molecule has 1 aliphatic rings. The molecule has 120 valence electrons. The summed E-state index contributed by atoms with van der Waals surface area (Å²) in [5, 5.41) is 5.40. The number of nitrogens with two attached hydrogens (primary N) is 1. The Bertz CT molecular complexity index is 509. The molecule has 1 aromatic carbocycles. The molecule has 4 N–H and O–H groups in total. The van der Waals surface area contributed by atoms with E-state index in [1.54, 1.807) is 0 Å². The van der Waals surface area contributed by atoms with E-state index in [9.17, 15) is 9.59 Å². The molecule has 1 aromatic rings. The maximum absolute atomic E-state index is 11.7. The first-order valence-corrected chi connectivity index (χ1v) is 7.89. The zero-order chi connectivity index (χ0) is 15.9. The van der Waals surface area contributed by atoms with Gasteiger partial charge in [-0.25, -0.2) is 0 Å². The molecular weight excluding hydrogens is 278 g/mol. The van der Waals surface area contributed by atoms with Crippen LogP contribution in [0.15, 0.2) is 24.3 Å². The van der Waals surface area contributed by atoms with E-state index >= 15 is 0 Å². The van der Waals surface area contributed by atoms with Gasteiger partial charge in [0.15, 0.2) is 0 Å². The zero-order valence-electron chi connectivity index (χ0n) is 13.1. The lowest BCUT2D eigenvalue weighted by molar-refractivity contribution is -0.126. The highest BCUT2D eigenvalue weighted by Gasteiger charge is 2.28. The van der Waals surface area contributed by atoms with Crippen LogP contribution in [0, 0.1) is 12.8 Å². The summed E-state index contributed by atoms with van der Waals surface area (Å²) in [6, 6.07) is 8.15. The van der Waals surface area contributed by atoms with Gasteiger partial charge in [-0.05, 0) is 37.7 Å². The molecular formula is C17H25N3O2. The minimum absolute atomic E-state index is 0.0180. The molecule has 0 spiro atoms. The predicted molar refractivity (Wildman–Crippen MR) is 86.2 cm³/mol. The van der Waals surface area contributed by atoms with Gasteiger partial charge in [0.1, 0.15) is 0 Å². The van der Waals surface area contributed by atoms with E-state index in [1.165, 1.54) is 5.56 Å². The largest absolute Gasteiger partial charge is 0.353 e. The Labute approximate surface area is 131 Å². The van der Waals surface area contributed by atoms with Crippen LogP contribution in [0.3, 0.4) is 0 Å². The van der Waals surface area contributed by atoms with Crippen molar-refractivity contribution in [3.05, 3.63) is 35.4 Å². The summed E-state index contributed by atoms with van der Waals surface area (Å²) in [6.45, 7) is 2.54. The fourth-order valence-electron chi connectivity index (χ4n) is 2.27. The number of nitrogens with one attached hydrogen (secondary N) is 2. The van der Waals surface area contributed by atoms with Crippen molar-refractivity contribution in [2.75, 3.05) is 13.1 Å². The molecule has 0 aliphatic heterocycles. The summed E-state index contributed by atoms with van der Waals surface area (Å²) >= 11 is 0. The zero-order valence-corrected chi connectivity index (χ0v) is 13.1. The monoisotopic (exact) mass is 303 g/mol. The second kappa shape index (κ2) is 7.94. The third-order valence-corrected chi connectivity index (χ3v) is 3.97.